The minimum absolute atomic E-state index is 0.0153. The van der Waals surface area contributed by atoms with Crippen molar-refractivity contribution in [2.75, 3.05) is 58.0 Å². The summed E-state index contributed by atoms with van der Waals surface area (Å²) in [7, 11) is -3.62. The average Bonchev–Trinajstić information content (AvgIpc) is 3.74. The van der Waals surface area contributed by atoms with E-state index < -0.39 is 68.7 Å². The number of carbonyl (C=O) groups excluding carboxylic acids is 7. The zero-order valence-electron chi connectivity index (χ0n) is 32.8. The van der Waals surface area contributed by atoms with Crippen molar-refractivity contribution in [1.82, 2.24) is 20.3 Å². The predicted octanol–water partition coefficient (Wildman–Crippen LogP) is 2.54. The number of amides is 5. The van der Waals surface area contributed by atoms with E-state index in [2.05, 4.69) is 29.3 Å². The van der Waals surface area contributed by atoms with Gasteiger partial charge in [0.2, 0.25) is 0 Å². The number of nitrogens with one attached hydrogen (secondary N) is 2. The van der Waals surface area contributed by atoms with Crippen molar-refractivity contribution in [1.29, 1.82) is 0 Å². The van der Waals surface area contributed by atoms with E-state index in [0.29, 0.717) is 45.6 Å². The number of aryl methyl sites for hydroxylation is 1. The zero-order chi connectivity index (χ0) is 43.3. The molecule has 58 heavy (non-hydrogen) atoms. The summed E-state index contributed by atoms with van der Waals surface area (Å²) in [5.41, 5.74) is 1.93. The quantitative estimate of drug-likeness (QED) is 0.0772. The second kappa shape index (κ2) is 21.4. The Bertz CT molecular complexity index is 1940. The molecular weight excluding hydrogens is 792 g/mol. The molecule has 1 fully saturated rings. The summed E-state index contributed by atoms with van der Waals surface area (Å²) in [5, 5.41) is 3.39. The molecule has 1 saturated heterocycles. The maximum absolute atomic E-state index is 14.3. The fourth-order valence-electron chi connectivity index (χ4n) is 5.64. The molecule has 4 rings (SSSR count). The number of hydrogen-bond donors (Lipinski definition) is 4. The average molecular weight is 840 g/mol. The number of hydrogen-bond acceptors (Lipinski definition) is 14. The summed E-state index contributed by atoms with van der Waals surface area (Å²) >= 11 is 0. The van der Waals surface area contributed by atoms with Gasteiger partial charge in [-0.1, -0.05) is 20.8 Å². The number of esters is 1. The van der Waals surface area contributed by atoms with Crippen molar-refractivity contribution in [3.8, 4) is 0 Å². The first-order chi connectivity index (χ1) is 27.3. The fraction of sp³-hybridized carbons (Fsp3) is 0.472. The molecule has 0 spiro atoms. The number of aromatic amines is 1. The van der Waals surface area contributed by atoms with E-state index in [-0.39, 0.29) is 48.6 Å². The second-order valence-electron chi connectivity index (χ2n) is 12.6. The maximum Gasteiger partial charge on any atom is 0.469 e. The molecule has 1 unspecified atom stereocenters. The lowest BCUT2D eigenvalue weighted by Crippen LogP contribution is -2.37. The molecule has 3 heterocycles. The molecule has 0 saturated carbocycles. The van der Waals surface area contributed by atoms with Crippen LogP contribution in [-0.2, 0) is 52.1 Å². The monoisotopic (exact) mass is 839 g/mol. The molecule has 0 aliphatic carbocycles. The predicted molar refractivity (Wildman–Crippen MR) is 201 cm³/mol. The normalized spacial score (nSPS) is 15.0. The first-order valence-corrected chi connectivity index (χ1v) is 19.6. The molecule has 2 aliphatic rings. The molecular formula is C36H47FN5O15P. The molecule has 4 N–H and O–H groups in total. The number of benzene rings is 1. The molecule has 1 aromatic carbocycles. The zero-order valence-corrected chi connectivity index (χ0v) is 33.7. The third-order valence-corrected chi connectivity index (χ3v) is 9.06. The lowest BCUT2D eigenvalue weighted by molar-refractivity contribution is -0.199. The lowest BCUT2D eigenvalue weighted by atomic mass is 10.0. The van der Waals surface area contributed by atoms with Crippen LogP contribution in [0.3, 0.4) is 0 Å². The van der Waals surface area contributed by atoms with Crippen LogP contribution in [0.1, 0.15) is 72.9 Å². The summed E-state index contributed by atoms with van der Waals surface area (Å²) in [6.45, 7) is 10.0. The highest BCUT2D eigenvalue weighted by molar-refractivity contribution is 7.46. The van der Waals surface area contributed by atoms with Gasteiger partial charge in [0.25, 0.3) is 23.6 Å². The van der Waals surface area contributed by atoms with E-state index >= 15 is 0 Å². The van der Waals surface area contributed by atoms with Gasteiger partial charge in [-0.3, -0.25) is 28.5 Å². The Morgan fingerprint density at radius 1 is 1.03 bits per heavy atom. The molecule has 2 aromatic rings. The van der Waals surface area contributed by atoms with E-state index in [1.807, 2.05) is 13.8 Å². The molecule has 0 radical (unpaired) electrons. The van der Waals surface area contributed by atoms with Crippen LogP contribution in [0.4, 0.5) is 14.9 Å². The molecule has 22 heteroatoms. The number of halogens is 1. The lowest BCUT2D eigenvalue weighted by Gasteiger charge is -2.20. The highest BCUT2D eigenvalue weighted by Crippen LogP contribution is 2.39. The van der Waals surface area contributed by atoms with Gasteiger partial charge in [-0.05, 0) is 56.8 Å². The SMILES string of the molecule is CCC(=O)OC(COC(=O)N1C(=O)/C(=C\c2[nH]c(C)c(C(=O)NCCN(CC)CC)c2C)c2cc(F)ccc21)COP(=O)(O)O.COCC(=O)ON1C(=O)CCC1=O. The van der Waals surface area contributed by atoms with Crippen molar-refractivity contribution < 1.29 is 75.9 Å². The van der Waals surface area contributed by atoms with Gasteiger partial charge >= 0.3 is 25.9 Å². The number of imide groups is 2. The summed E-state index contributed by atoms with van der Waals surface area (Å²) < 4.78 is 44.5. The maximum atomic E-state index is 14.3. The van der Waals surface area contributed by atoms with Gasteiger partial charge in [-0.2, -0.15) is 0 Å². The van der Waals surface area contributed by atoms with Crippen LogP contribution >= 0.6 is 7.82 Å². The van der Waals surface area contributed by atoms with Gasteiger partial charge in [0.05, 0.1) is 23.4 Å². The van der Waals surface area contributed by atoms with E-state index in [1.165, 1.54) is 26.2 Å². The second-order valence-corrected chi connectivity index (χ2v) is 13.9. The topological polar surface area (TPSA) is 261 Å². The molecule has 2 aliphatic heterocycles. The first kappa shape index (κ1) is 47.1. The molecule has 0 bridgehead atoms. The van der Waals surface area contributed by atoms with Crippen LogP contribution in [-0.4, -0.2) is 126 Å². The number of ether oxygens (including phenoxy) is 3. The Morgan fingerprint density at radius 2 is 1.69 bits per heavy atom. The summed E-state index contributed by atoms with van der Waals surface area (Å²) in [5.74, 6) is -4.31. The Hall–Kier alpha value is -5.31. The summed E-state index contributed by atoms with van der Waals surface area (Å²) in [4.78, 5) is 112. The molecule has 1 atom stereocenters. The van der Waals surface area contributed by atoms with Gasteiger partial charge < -0.3 is 44.0 Å². The van der Waals surface area contributed by atoms with Crippen molar-refractivity contribution >= 4 is 66.8 Å². The van der Waals surface area contributed by atoms with E-state index in [9.17, 15) is 42.5 Å². The van der Waals surface area contributed by atoms with E-state index in [4.69, 9.17) is 19.3 Å². The van der Waals surface area contributed by atoms with Crippen LogP contribution in [0.25, 0.3) is 11.6 Å². The molecule has 318 valence electrons. The number of likely N-dealkylation sites (N-methyl/N-ethyl adjacent to an activating group) is 1. The first-order valence-electron chi connectivity index (χ1n) is 18.0. The Kier molecular flexibility index (Phi) is 17.4. The van der Waals surface area contributed by atoms with Gasteiger partial charge in [-0.15, -0.1) is 5.06 Å². The Morgan fingerprint density at radius 3 is 2.28 bits per heavy atom. The molecule has 5 amide bonds. The standard InChI is InChI=1S/C29H38FN4O10P.C7H9NO5/c1-6-25(35)44-20(16-43-45(39,40)41)15-42-29(38)34-24-10-9-19(30)13-21(24)22(28(34)37)14-23-17(4)26(18(5)32-23)27(36)31-11-12-33(7-2)8-3;1-12-4-7(11)13-8-5(9)2-3-6(8)10/h9-10,13-14,20,32H,6-8,11-12,15-16H2,1-5H3,(H,31,36)(H2,39,40,41);2-4H2,1H3/b22-14-;. The highest BCUT2D eigenvalue weighted by Gasteiger charge is 2.39. The number of fused-ring (bicyclic) bond motifs is 1. The third kappa shape index (κ3) is 12.9. The number of anilines is 1. The number of nitrogens with zero attached hydrogens (tertiary/aromatic N) is 3. The summed E-state index contributed by atoms with van der Waals surface area (Å²) in [6, 6.07) is 3.36. The van der Waals surface area contributed by atoms with Gasteiger partial charge in [0.15, 0.2) is 6.10 Å². The third-order valence-electron chi connectivity index (χ3n) is 8.57. The van der Waals surface area contributed by atoms with Crippen LogP contribution in [0, 0.1) is 19.7 Å². The molecule has 20 nitrogen and oxygen atoms in total. The fourth-order valence-corrected chi connectivity index (χ4v) is 6.00. The van der Waals surface area contributed by atoms with Gasteiger partial charge in [0.1, 0.15) is 19.0 Å². The van der Waals surface area contributed by atoms with Gasteiger partial charge in [-0.25, -0.2) is 23.4 Å². The van der Waals surface area contributed by atoms with E-state index in [1.54, 1.807) is 13.8 Å². The number of phosphoric ester groups is 1. The van der Waals surface area contributed by atoms with E-state index in [0.717, 1.165) is 25.2 Å². The van der Waals surface area contributed by atoms with Crippen LogP contribution in [0.2, 0.25) is 0 Å². The van der Waals surface area contributed by atoms with Gasteiger partial charge in [0, 0.05) is 56.4 Å². The van der Waals surface area contributed by atoms with Crippen molar-refractivity contribution in [3.05, 3.63) is 52.1 Å². The minimum Gasteiger partial charge on any atom is -0.456 e. The van der Waals surface area contributed by atoms with Crippen molar-refractivity contribution in [2.24, 2.45) is 0 Å². The van der Waals surface area contributed by atoms with Crippen LogP contribution < -0.4 is 10.2 Å². The van der Waals surface area contributed by atoms with Crippen LogP contribution in [0.5, 0.6) is 0 Å². The number of aromatic nitrogens is 1. The number of rotatable bonds is 17. The smallest absolute Gasteiger partial charge is 0.456 e. The summed E-state index contributed by atoms with van der Waals surface area (Å²) in [6.07, 6.45) is -1.07. The Labute approximate surface area is 332 Å². The Balaban J connectivity index is 0.000000586. The van der Waals surface area contributed by atoms with Crippen LogP contribution in [0.15, 0.2) is 18.2 Å². The number of H-pyrrole nitrogens is 1. The van der Waals surface area contributed by atoms with Crippen molar-refractivity contribution in [2.45, 2.75) is 60.0 Å². The molecule has 1 aromatic heterocycles. The largest absolute Gasteiger partial charge is 0.469 e. The van der Waals surface area contributed by atoms with Crippen molar-refractivity contribution in [3.63, 3.8) is 0 Å². The number of phosphoric acid groups is 1. The minimum atomic E-state index is -4.93. The number of hydroxylamine groups is 2. The highest BCUT2D eigenvalue weighted by atomic mass is 31.2. The number of methoxy groups -OCH3 is 1. The number of carbonyl (C=O) groups is 7.